The summed E-state index contributed by atoms with van der Waals surface area (Å²) in [6, 6.07) is 12.5. The van der Waals surface area contributed by atoms with Crippen LogP contribution in [0.15, 0.2) is 48.7 Å². The molecule has 2 heterocycles. The highest BCUT2D eigenvalue weighted by Gasteiger charge is 2.22. The van der Waals surface area contributed by atoms with Crippen LogP contribution in [-0.4, -0.2) is 43.6 Å². The summed E-state index contributed by atoms with van der Waals surface area (Å²) >= 11 is 5.86. The second kappa shape index (κ2) is 8.81. The average molecular weight is 391 g/mol. The second-order valence-electron chi connectivity index (χ2n) is 5.90. The fourth-order valence-electron chi connectivity index (χ4n) is 2.52. The Morgan fingerprint density at radius 2 is 2.00 bits per heavy atom. The van der Waals surface area contributed by atoms with Gasteiger partial charge in [-0.1, -0.05) is 41.9 Å². The zero-order valence-corrected chi connectivity index (χ0v) is 15.1. The Hall–Kier alpha value is -2.68. The third-order valence-electron chi connectivity index (χ3n) is 3.95. The van der Waals surface area contributed by atoms with Gasteiger partial charge in [-0.15, -0.1) is 0 Å². The van der Waals surface area contributed by atoms with Crippen LogP contribution in [0.2, 0.25) is 5.15 Å². The van der Waals surface area contributed by atoms with E-state index in [9.17, 15) is 15.0 Å². The van der Waals surface area contributed by atoms with Gasteiger partial charge < -0.3 is 20.3 Å². The van der Waals surface area contributed by atoms with E-state index in [0.717, 1.165) is 5.56 Å². The minimum absolute atomic E-state index is 0.120. The van der Waals surface area contributed by atoms with Crippen LogP contribution in [0.1, 0.15) is 23.8 Å². The Bertz CT molecular complexity index is 903. The first kappa shape index (κ1) is 19.1. The standard InChI is InChI=1S/C18H19ClN4O4/c19-15-6-7-16-21-10-13(23(16)22-15)17(25)14(24)8-9-20-18(26)27-11-12-4-2-1-3-5-12/h1-7,10,14,17,24-25H,8-9,11H2,(H,20,26). The van der Waals surface area contributed by atoms with Crippen LogP contribution in [0, 0.1) is 0 Å². The maximum atomic E-state index is 11.7. The molecule has 0 fully saturated rings. The number of rotatable bonds is 7. The van der Waals surface area contributed by atoms with Crippen LogP contribution < -0.4 is 5.32 Å². The molecule has 8 nitrogen and oxygen atoms in total. The number of amides is 1. The number of carbonyl (C=O) groups is 1. The lowest BCUT2D eigenvalue weighted by Crippen LogP contribution is -2.30. The number of fused-ring (bicyclic) bond motifs is 1. The third-order valence-corrected chi connectivity index (χ3v) is 4.15. The normalized spacial score (nSPS) is 13.3. The Kier molecular flexibility index (Phi) is 6.23. The molecule has 0 saturated heterocycles. The zero-order chi connectivity index (χ0) is 19.2. The molecule has 3 N–H and O–H groups in total. The van der Waals surface area contributed by atoms with Gasteiger partial charge in [-0.25, -0.2) is 14.3 Å². The molecule has 2 aromatic heterocycles. The Balaban J connectivity index is 1.47. The van der Waals surface area contributed by atoms with E-state index >= 15 is 0 Å². The fraction of sp³-hybridized carbons (Fsp3) is 0.278. The van der Waals surface area contributed by atoms with Crippen molar-refractivity contribution in [3.63, 3.8) is 0 Å². The van der Waals surface area contributed by atoms with Gasteiger partial charge in [-0.3, -0.25) is 0 Å². The van der Waals surface area contributed by atoms with Gasteiger partial charge in [0.25, 0.3) is 0 Å². The van der Waals surface area contributed by atoms with E-state index in [1.807, 2.05) is 30.3 Å². The number of aliphatic hydroxyl groups is 2. The topological polar surface area (TPSA) is 109 Å². The largest absolute Gasteiger partial charge is 0.445 e. The number of imidazole rings is 1. The molecule has 3 aromatic rings. The van der Waals surface area contributed by atoms with Crippen LogP contribution in [0.25, 0.3) is 5.65 Å². The lowest BCUT2D eigenvalue weighted by Gasteiger charge is -2.17. The number of aliphatic hydroxyl groups excluding tert-OH is 2. The molecular formula is C18H19ClN4O4. The highest BCUT2D eigenvalue weighted by atomic mass is 35.5. The molecule has 0 aliphatic rings. The van der Waals surface area contributed by atoms with Crippen molar-refractivity contribution >= 4 is 23.3 Å². The van der Waals surface area contributed by atoms with E-state index in [-0.39, 0.29) is 24.7 Å². The fourth-order valence-corrected chi connectivity index (χ4v) is 2.66. The number of nitrogens with one attached hydrogen (secondary N) is 1. The molecule has 2 atom stereocenters. The first-order valence-corrected chi connectivity index (χ1v) is 8.73. The lowest BCUT2D eigenvalue weighted by molar-refractivity contribution is 0.0101. The summed E-state index contributed by atoms with van der Waals surface area (Å²) < 4.78 is 6.45. The summed E-state index contributed by atoms with van der Waals surface area (Å²) in [6.45, 7) is 0.295. The van der Waals surface area contributed by atoms with Crippen molar-refractivity contribution in [3.8, 4) is 0 Å². The summed E-state index contributed by atoms with van der Waals surface area (Å²) in [7, 11) is 0. The van der Waals surface area contributed by atoms with Gasteiger partial charge in [0.15, 0.2) is 5.65 Å². The van der Waals surface area contributed by atoms with Gasteiger partial charge in [0, 0.05) is 6.54 Å². The molecule has 0 spiro atoms. The molecule has 0 radical (unpaired) electrons. The van der Waals surface area contributed by atoms with Gasteiger partial charge in [0.05, 0.1) is 18.0 Å². The highest BCUT2D eigenvalue weighted by Crippen LogP contribution is 2.20. The molecule has 27 heavy (non-hydrogen) atoms. The van der Waals surface area contributed by atoms with Gasteiger partial charge in [0.2, 0.25) is 0 Å². The molecule has 0 aliphatic heterocycles. The average Bonchev–Trinajstić information content (AvgIpc) is 3.09. The molecule has 9 heteroatoms. The number of ether oxygens (including phenoxy) is 1. The summed E-state index contributed by atoms with van der Waals surface area (Å²) in [6.07, 6.45) is -1.40. The first-order valence-electron chi connectivity index (χ1n) is 8.35. The minimum atomic E-state index is -1.23. The third kappa shape index (κ3) is 4.94. The van der Waals surface area contributed by atoms with E-state index in [0.29, 0.717) is 11.3 Å². The number of halogens is 1. The number of hydrogen-bond acceptors (Lipinski definition) is 6. The summed E-state index contributed by atoms with van der Waals surface area (Å²) in [5.41, 5.74) is 1.69. The van der Waals surface area contributed by atoms with E-state index in [1.54, 1.807) is 12.1 Å². The summed E-state index contributed by atoms with van der Waals surface area (Å²) in [5, 5.41) is 27.4. The molecule has 0 bridgehead atoms. The molecular weight excluding hydrogens is 372 g/mol. The number of alkyl carbamates (subject to hydrolysis) is 1. The van der Waals surface area contributed by atoms with Crippen molar-refractivity contribution in [3.05, 3.63) is 65.1 Å². The number of hydrogen-bond donors (Lipinski definition) is 3. The van der Waals surface area contributed by atoms with Crippen molar-refractivity contribution in [1.29, 1.82) is 0 Å². The van der Waals surface area contributed by atoms with Crippen molar-refractivity contribution < 1.29 is 19.7 Å². The smallest absolute Gasteiger partial charge is 0.407 e. The van der Waals surface area contributed by atoms with Gasteiger partial charge in [-0.2, -0.15) is 5.10 Å². The van der Waals surface area contributed by atoms with E-state index in [4.69, 9.17) is 16.3 Å². The SMILES string of the molecule is O=C(NCCC(O)C(O)c1cnc2ccc(Cl)nn12)OCc1ccccc1. The van der Waals surface area contributed by atoms with Crippen LogP contribution in [-0.2, 0) is 11.3 Å². The van der Waals surface area contributed by atoms with E-state index in [2.05, 4.69) is 15.4 Å². The Labute approximate surface area is 160 Å². The monoisotopic (exact) mass is 390 g/mol. The van der Waals surface area contributed by atoms with Crippen LogP contribution in [0.5, 0.6) is 0 Å². The maximum Gasteiger partial charge on any atom is 0.407 e. The predicted octanol–water partition coefficient (Wildman–Crippen LogP) is 2.09. The second-order valence-corrected chi connectivity index (χ2v) is 6.29. The van der Waals surface area contributed by atoms with Crippen molar-refractivity contribution in [1.82, 2.24) is 19.9 Å². The zero-order valence-electron chi connectivity index (χ0n) is 14.3. The van der Waals surface area contributed by atoms with E-state index in [1.165, 1.54) is 10.7 Å². The van der Waals surface area contributed by atoms with Crippen molar-refractivity contribution in [2.45, 2.75) is 25.2 Å². The molecule has 1 amide bonds. The molecule has 142 valence electrons. The highest BCUT2D eigenvalue weighted by molar-refractivity contribution is 6.29. The molecule has 0 saturated carbocycles. The lowest BCUT2D eigenvalue weighted by atomic mass is 10.1. The number of nitrogens with zero attached hydrogens (tertiary/aromatic N) is 3. The van der Waals surface area contributed by atoms with Crippen LogP contribution >= 0.6 is 11.6 Å². The Morgan fingerprint density at radius 3 is 2.78 bits per heavy atom. The number of carbonyl (C=O) groups excluding carboxylic acids is 1. The van der Waals surface area contributed by atoms with Crippen molar-refractivity contribution in [2.75, 3.05) is 6.54 Å². The quantitative estimate of drug-likeness (QED) is 0.570. The first-order chi connectivity index (χ1) is 13.0. The van der Waals surface area contributed by atoms with Gasteiger partial charge in [-0.05, 0) is 24.1 Å². The number of benzene rings is 1. The van der Waals surface area contributed by atoms with Crippen LogP contribution in [0.3, 0.4) is 0 Å². The Morgan fingerprint density at radius 1 is 1.22 bits per heavy atom. The molecule has 3 rings (SSSR count). The minimum Gasteiger partial charge on any atom is -0.445 e. The predicted molar refractivity (Wildman–Crippen MR) is 98.2 cm³/mol. The molecule has 0 aliphatic carbocycles. The maximum absolute atomic E-state index is 11.7. The summed E-state index contributed by atoms with van der Waals surface area (Å²) in [4.78, 5) is 15.8. The molecule has 1 aromatic carbocycles. The van der Waals surface area contributed by atoms with Gasteiger partial charge in [0.1, 0.15) is 17.9 Å². The van der Waals surface area contributed by atoms with E-state index < -0.39 is 18.3 Å². The van der Waals surface area contributed by atoms with Crippen molar-refractivity contribution in [2.24, 2.45) is 0 Å². The van der Waals surface area contributed by atoms with Crippen LogP contribution in [0.4, 0.5) is 4.79 Å². The summed E-state index contributed by atoms with van der Waals surface area (Å²) in [5.74, 6) is 0. The molecule has 2 unspecified atom stereocenters. The van der Waals surface area contributed by atoms with Gasteiger partial charge >= 0.3 is 6.09 Å². The number of aromatic nitrogens is 3.